The van der Waals surface area contributed by atoms with Crippen LogP contribution in [0.2, 0.25) is 0 Å². The zero-order valence-corrected chi connectivity index (χ0v) is 26.1. The number of benzene rings is 3. The molecule has 0 fully saturated rings. The van der Waals surface area contributed by atoms with E-state index in [9.17, 15) is 14.4 Å². The lowest BCUT2D eigenvalue weighted by Crippen LogP contribution is -2.50. The Hall–Kier alpha value is -4.89. The quantitative estimate of drug-likeness (QED) is 0.185. The van der Waals surface area contributed by atoms with Gasteiger partial charge in [0.1, 0.15) is 11.8 Å². The number of furan rings is 1. The molecule has 4 aromatic rings. The standard InChI is InChI=1S/C36H41N5O4/c1-36(2,39-23-29-11-8-20-45-29)21-33(42)40-31-19-18-27-9-5-7-13-32(27)41(34(31)43)24-25-14-16-26(17-15-25)30-12-6-4-10-28(30)22-38-35(44)37-3/h4-17,20,31,39H,18-19,21-24H2,1-3H3,(H,40,42)(H2,37,38,44)/t31-/m1/s1. The Morgan fingerprint density at radius 3 is 2.44 bits per heavy atom. The maximum Gasteiger partial charge on any atom is 0.314 e. The first-order valence-corrected chi connectivity index (χ1v) is 15.3. The third-order valence-corrected chi connectivity index (χ3v) is 8.10. The molecule has 9 nitrogen and oxygen atoms in total. The summed E-state index contributed by atoms with van der Waals surface area (Å²) in [7, 11) is 1.59. The Bertz CT molecular complexity index is 1610. The SMILES string of the molecule is CNC(=O)NCc1ccccc1-c1ccc(CN2C(=O)[C@H](NC(=O)CC(C)(C)NCc3ccco3)CCc3ccccc32)cc1. The highest BCUT2D eigenvalue weighted by atomic mass is 16.3. The van der Waals surface area contributed by atoms with Gasteiger partial charge in [0, 0.05) is 31.2 Å². The van der Waals surface area contributed by atoms with Gasteiger partial charge in [-0.1, -0.05) is 66.7 Å². The van der Waals surface area contributed by atoms with E-state index in [-0.39, 0.29) is 24.3 Å². The number of hydrogen-bond donors (Lipinski definition) is 4. The van der Waals surface area contributed by atoms with Crippen molar-refractivity contribution in [3.05, 3.63) is 114 Å². The van der Waals surface area contributed by atoms with Crippen molar-refractivity contribution in [3.8, 4) is 11.1 Å². The Labute approximate surface area is 264 Å². The molecule has 1 aromatic heterocycles. The van der Waals surface area contributed by atoms with Crippen LogP contribution in [0.5, 0.6) is 0 Å². The van der Waals surface area contributed by atoms with Crippen LogP contribution in [0.25, 0.3) is 11.1 Å². The van der Waals surface area contributed by atoms with Crippen LogP contribution in [-0.4, -0.2) is 36.5 Å². The molecular weight excluding hydrogens is 566 g/mol. The lowest BCUT2D eigenvalue weighted by Gasteiger charge is -2.29. The summed E-state index contributed by atoms with van der Waals surface area (Å²) in [6, 6.07) is 26.9. The molecule has 5 rings (SSSR count). The van der Waals surface area contributed by atoms with E-state index in [1.54, 1.807) is 18.2 Å². The Morgan fingerprint density at radius 2 is 1.69 bits per heavy atom. The number of hydrogen-bond acceptors (Lipinski definition) is 5. The van der Waals surface area contributed by atoms with Gasteiger partial charge in [-0.3, -0.25) is 9.59 Å². The van der Waals surface area contributed by atoms with E-state index >= 15 is 0 Å². The van der Waals surface area contributed by atoms with E-state index in [0.29, 0.717) is 32.5 Å². The second kappa shape index (κ2) is 14.3. The molecule has 1 atom stereocenters. The molecule has 234 valence electrons. The van der Waals surface area contributed by atoms with Crippen LogP contribution in [0, 0.1) is 0 Å². The van der Waals surface area contributed by atoms with Crippen LogP contribution < -0.4 is 26.2 Å². The van der Waals surface area contributed by atoms with Crippen LogP contribution in [0.4, 0.5) is 10.5 Å². The van der Waals surface area contributed by atoms with E-state index in [1.807, 2.05) is 98.8 Å². The summed E-state index contributed by atoms with van der Waals surface area (Å²) in [4.78, 5) is 40.8. The Morgan fingerprint density at radius 1 is 0.933 bits per heavy atom. The number of rotatable bonds is 11. The van der Waals surface area contributed by atoms with Crippen molar-refractivity contribution in [1.29, 1.82) is 0 Å². The Kier molecular flexibility index (Phi) is 9.99. The molecule has 3 aromatic carbocycles. The van der Waals surface area contributed by atoms with Gasteiger partial charge in [0.2, 0.25) is 11.8 Å². The lowest BCUT2D eigenvalue weighted by atomic mass is 9.98. The zero-order chi connectivity index (χ0) is 31.8. The van der Waals surface area contributed by atoms with Crippen LogP contribution in [-0.2, 0) is 35.6 Å². The van der Waals surface area contributed by atoms with Crippen molar-refractivity contribution >= 4 is 23.5 Å². The average molecular weight is 608 g/mol. The van der Waals surface area contributed by atoms with Gasteiger partial charge in [-0.25, -0.2) is 4.79 Å². The second-order valence-electron chi connectivity index (χ2n) is 12.0. The fraction of sp³-hybridized carbons (Fsp3) is 0.306. The van der Waals surface area contributed by atoms with Gasteiger partial charge in [-0.05, 0) is 72.7 Å². The molecular formula is C36H41N5O4. The molecule has 4 amide bonds. The number of fused-ring (bicyclic) bond motifs is 1. The summed E-state index contributed by atoms with van der Waals surface area (Å²) in [5, 5.41) is 11.8. The maximum absolute atomic E-state index is 14.0. The van der Waals surface area contributed by atoms with Crippen molar-refractivity contribution in [3.63, 3.8) is 0 Å². The monoisotopic (exact) mass is 607 g/mol. The highest BCUT2D eigenvalue weighted by Gasteiger charge is 2.32. The highest BCUT2D eigenvalue weighted by molar-refractivity contribution is 6.00. The highest BCUT2D eigenvalue weighted by Crippen LogP contribution is 2.30. The number of carbonyl (C=O) groups excluding carboxylic acids is 3. The largest absolute Gasteiger partial charge is 0.468 e. The minimum Gasteiger partial charge on any atom is -0.468 e. The fourth-order valence-electron chi connectivity index (χ4n) is 5.65. The molecule has 1 aliphatic heterocycles. The summed E-state index contributed by atoms with van der Waals surface area (Å²) in [5.41, 5.74) is 5.48. The van der Waals surface area contributed by atoms with E-state index in [1.165, 1.54) is 0 Å². The second-order valence-corrected chi connectivity index (χ2v) is 12.0. The van der Waals surface area contributed by atoms with E-state index in [4.69, 9.17) is 4.42 Å². The van der Waals surface area contributed by atoms with Gasteiger partial charge in [-0.15, -0.1) is 0 Å². The number of carbonyl (C=O) groups is 3. The minimum absolute atomic E-state index is 0.121. The lowest BCUT2D eigenvalue weighted by molar-refractivity contribution is -0.128. The predicted octanol–water partition coefficient (Wildman–Crippen LogP) is 5.30. The first-order chi connectivity index (χ1) is 21.7. The predicted molar refractivity (Wildman–Crippen MR) is 175 cm³/mol. The summed E-state index contributed by atoms with van der Waals surface area (Å²) < 4.78 is 5.40. The van der Waals surface area contributed by atoms with Crippen molar-refractivity contribution in [2.24, 2.45) is 0 Å². The third kappa shape index (κ3) is 8.19. The van der Waals surface area contributed by atoms with Crippen molar-refractivity contribution in [2.45, 2.75) is 64.3 Å². The topological polar surface area (TPSA) is 116 Å². The van der Waals surface area contributed by atoms with Gasteiger partial charge >= 0.3 is 6.03 Å². The van der Waals surface area contributed by atoms with Gasteiger partial charge in [0.25, 0.3) is 0 Å². The van der Waals surface area contributed by atoms with Crippen LogP contribution in [0.15, 0.2) is 95.6 Å². The fourth-order valence-corrected chi connectivity index (χ4v) is 5.65. The molecule has 45 heavy (non-hydrogen) atoms. The summed E-state index contributed by atoms with van der Waals surface area (Å²) >= 11 is 0. The minimum atomic E-state index is -0.634. The summed E-state index contributed by atoms with van der Waals surface area (Å²) in [6.07, 6.45) is 3.05. The smallest absolute Gasteiger partial charge is 0.314 e. The number of nitrogens with one attached hydrogen (secondary N) is 4. The van der Waals surface area contributed by atoms with Gasteiger partial charge in [0.15, 0.2) is 0 Å². The molecule has 0 aliphatic carbocycles. The van der Waals surface area contributed by atoms with Crippen LogP contribution in [0.1, 0.15) is 49.1 Å². The first kappa shape index (κ1) is 31.5. The number of anilines is 1. The van der Waals surface area contributed by atoms with E-state index < -0.39 is 11.6 Å². The molecule has 0 spiro atoms. The molecule has 0 saturated heterocycles. The Balaban J connectivity index is 1.29. The van der Waals surface area contributed by atoms with Gasteiger partial charge < -0.3 is 30.6 Å². The van der Waals surface area contributed by atoms with Crippen molar-refractivity contribution in [2.75, 3.05) is 11.9 Å². The molecule has 0 saturated carbocycles. The molecule has 9 heteroatoms. The van der Waals surface area contributed by atoms with Gasteiger partial charge in [0.05, 0.1) is 19.4 Å². The zero-order valence-electron chi connectivity index (χ0n) is 26.1. The van der Waals surface area contributed by atoms with Crippen molar-refractivity contribution < 1.29 is 18.8 Å². The molecule has 4 N–H and O–H groups in total. The molecule has 0 radical (unpaired) electrons. The first-order valence-electron chi connectivity index (χ1n) is 15.3. The van der Waals surface area contributed by atoms with Crippen LogP contribution in [0.3, 0.4) is 0 Å². The molecule has 0 unspecified atom stereocenters. The third-order valence-electron chi connectivity index (χ3n) is 8.10. The average Bonchev–Trinajstić information content (AvgIpc) is 3.54. The molecule has 1 aliphatic rings. The number of para-hydroxylation sites is 1. The molecule has 0 bridgehead atoms. The number of aryl methyl sites for hydroxylation is 1. The maximum atomic E-state index is 14.0. The van der Waals surface area contributed by atoms with E-state index in [2.05, 4.69) is 21.3 Å². The summed E-state index contributed by atoms with van der Waals surface area (Å²) in [5.74, 6) is 0.501. The molecule has 2 heterocycles. The normalized spacial score (nSPS) is 14.8. The number of nitrogens with zero attached hydrogens (tertiary/aromatic N) is 1. The number of amides is 4. The van der Waals surface area contributed by atoms with Gasteiger partial charge in [-0.2, -0.15) is 0 Å². The number of urea groups is 1. The summed E-state index contributed by atoms with van der Waals surface area (Å²) in [6.45, 7) is 5.22. The van der Waals surface area contributed by atoms with Crippen LogP contribution >= 0.6 is 0 Å². The van der Waals surface area contributed by atoms with Crippen molar-refractivity contribution in [1.82, 2.24) is 21.3 Å². The van der Waals surface area contributed by atoms with E-state index in [0.717, 1.165) is 39.3 Å².